The standard InChI is InChI=1S/C58H70N12O6.ClH/c59-31-7-4-28-56(62,49(71)37-46-13-1-10-34-65-46)53(74)68-43-22-16-40(17-23-43)52(41-18-24-44(25-19-41)69-54(75)57(63,29-5-8-32-60)50(72)38-47-14-2-11-35-66-47)42-20-26-45(27-21-42)70-55(76)58(64,30-6-9-33-61)51(73)39-48-15-3-12-36-67-48;/h1-3,10-27,34-36,52H,4-9,28-33,37-39,59-64H2,(H,68,74)(H,69,75)(H,70,76);1H/t56-,57-,58-;/m0./s1. The summed E-state index contributed by atoms with van der Waals surface area (Å²) in [5.41, 5.74) is 36.7. The molecule has 0 radical (unpaired) electrons. The number of rotatable bonds is 30. The van der Waals surface area contributed by atoms with Crippen LogP contribution in [0.5, 0.6) is 0 Å². The number of aromatic nitrogens is 3. The van der Waals surface area contributed by atoms with Crippen molar-refractivity contribution in [1.29, 1.82) is 0 Å². The van der Waals surface area contributed by atoms with Gasteiger partial charge in [-0.2, -0.15) is 0 Å². The van der Waals surface area contributed by atoms with Crippen molar-refractivity contribution in [1.82, 2.24) is 15.0 Å². The van der Waals surface area contributed by atoms with E-state index in [1.54, 1.807) is 110 Å². The van der Waals surface area contributed by atoms with Gasteiger partial charge in [-0.25, -0.2) is 0 Å². The lowest BCUT2D eigenvalue weighted by molar-refractivity contribution is -0.134. The van der Waals surface area contributed by atoms with Crippen LogP contribution < -0.4 is 50.4 Å². The molecule has 0 aliphatic heterocycles. The Labute approximate surface area is 455 Å². The maximum absolute atomic E-state index is 14.0. The highest BCUT2D eigenvalue weighted by molar-refractivity contribution is 6.17. The zero-order chi connectivity index (χ0) is 54.6. The van der Waals surface area contributed by atoms with E-state index in [2.05, 4.69) is 30.9 Å². The summed E-state index contributed by atoms with van der Waals surface area (Å²) in [6.45, 7) is 1.13. The number of carbonyl (C=O) groups excluding carboxylic acids is 6. The molecule has 15 N–H and O–H groups in total. The molecular formula is C58H71ClN12O6. The minimum atomic E-state index is -1.86. The van der Waals surface area contributed by atoms with E-state index >= 15 is 0 Å². The van der Waals surface area contributed by atoms with E-state index in [1.807, 2.05) is 36.4 Å². The van der Waals surface area contributed by atoms with Gasteiger partial charge >= 0.3 is 0 Å². The number of ketones is 3. The van der Waals surface area contributed by atoms with Gasteiger partial charge in [0.2, 0.25) is 0 Å². The minimum Gasteiger partial charge on any atom is -0.330 e. The molecule has 3 aromatic carbocycles. The first-order valence-corrected chi connectivity index (χ1v) is 25.6. The second-order valence-electron chi connectivity index (χ2n) is 19.1. The van der Waals surface area contributed by atoms with Gasteiger partial charge in [-0.1, -0.05) is 54.6 Å². The van der Waals surface area contributed by atoms with Gasteiger partial charge < -0.3 is 50.4 Å². The molecule has 3 heterocycles. The van der Waals surface area contributed by atoms with Crippen LogP contribution in [-0.4, -0.2) is 86.3 Å². The summed E-state index contributed by atoms with van der Waals surface area (Å²) < 4.78 is 0. The second kappa shape index (κ2) is 29.2. The number of hydrogen-bond acceptors (Lipinski definition) is 15. The minimum absolute atomic E-state index is 0. The summed E-state index contributed by atoms with van der Waals surface area (Å²) in [6.07, 6.45) is 7.67. The van der Waals surface area contributed by atoms with Crippen molar-refractivity contribution in [2.45, 2.75) is 99.6 Å². The highest BCUT2D eigenvalue weighted by Gasteiger charge is 2.43. The highest BCUT2D eigenvalue weighted by atomic mass is 35.5. The average Bonchev–Trinajstić information content (AvgIpc) is 3.43. The van der Waals surface area contributed by atoms with Gasteiger partial charge in [0.1, 0.15) is 0 Å². The predicted molar refractivity (Wildman–Crippen MR) is 302 cm³/mol. The van der Waals surface area contributed by atoms with Gasteiger partial charge in [0.15, 0.2) is 34.0 Å². The Morgan fingerprint density at radius 1 is 0.390 bits per heavy atom. The first-order chi connectivity index (χ1) is 36.6. The third kappa shape index (κ3) is 16.3. The van der Waals surface area contributed by atoms with E-state index in [4.69, 9.17) is 34.4 Å². The molecule has 0 unspecified atom stereocenters. The number of carbonyl (C=O) groups is 6. The van der Waals surface area contributed by atoms with Gasteiger partial charge in [0, 0.05) is 58.7 Å². The summed E-state index contributed by atoms with van der Waals surface area (Å²) in [5, 5.41) is 8.60. The number of nitrogens with one attached hydrogen (secondary N) is 3. The second-order valence-corrected chi connectivity index (χ2v) is 19.1. The number of amides is 3. The highest BCUT2D eigenvalue weighted by Crippen LogP contribution is 2.35. The Morgan fingerprint density at radius 3 is 0.870 bits per heavy atom. The average molecular weight is 1070 g/mol. The monoisotopic (exact) mass is 1070 g/mol. The fourth-order valence-corrected chi connectivity index (χ4v) is 8.84. The zero-order valence-corrected chi connectivity index (χ0v) is 44.0. The van der Waals surface area contributed by atoms with Gasteiger partial charge in [0.25, 0.3) is 17.7 Å². The molecule has 0 aliphatic rings. The lowest BCUT2D eigenvalue weighted by atomic mass is 9.84. The molecule has 3 amide bonds. The predicted octanol–water partition coefficient (Wildman–Crippen LogP) is 5.20. The van der Waals surface area contributed by atoms with Crippen LogP contribution in [0.2, 0.25) is 0 Å². The number of halogens is 1. The molecule has 0 saturated carbocycles. The van der Waals surface area contributed by atoms with Crippen molar-refractivity contribution in [2.24, 2.45) is 34.4 Å². The summed E-state index contributed by atoms with van der Waals surface area (Å²) in [5.74, 6) is -3.89. The molecule has 0 bridgehead atoms. The van der Waals surface area contributed by atoms with Crippen LogP contribution in [0.4, 0.5) is 17.1 Å². The number of benzene rings is 3. The van der Waals surface area contributed by atoms with Crippen LogP contribution >= 0.6 is 12.4 Å². The molecule has 18 nitrogen and oxygen atoms in total. The topological polar surface area (TPSA) is 333 Å². The lowest BCUT2D eigenvalue weighted by Crippen LogP contribution is -2.58. The van der Waals surface area contributed by atoms with Crippen LogP contribution in [0.3, 0.4) is 0 Å². The van der Waals surface area contributed by atoms with E-state index in [0.29, 0.717) is 92.3 Å². The van der Waals surface area contributed by atoms with Crippen LogP contribution in [0.25, 0.3) is 0 Å². The lowest BCUT2D eigenvalue weighted by Gasteiger charge is -2.27. The Hall–Kier alpha value is -7.42. The van der Waals surface area contributed by atoms with E-state index in [1.165, 1.54) is 0 Å². The van der Waals surface area contributed by atoms with Crippen molar-refractivity contribution >= 4 is 64.5 Å². The van der Waals surface area contributed by atoms with E-state index in [-0.39, 0.29) is 50.9 Å². The number of nitrogens with two attached hydrogens (primary N) is 6. The van der Waals surface area contributed by atoms with Gasteiger partial charge in [-0.15, -0.1) is 12.4 Å². The van der Waals surface area contributed by atoms with Crippen molar-refractivity contribution in [3.8, 4) is 0 Å². The number of hydrogen-bond donors (Lipinski definition) is 9. The van der Waals surface area contributed by atoms with Crippen molar-refractivity contribution in [3.63, 3.8) is 0 Å². The quantitative estimate of drug-likeness (QED) is 0.0159. The molecule has 0 spiro atoms. The van der Waals surface area contributed by atoms with E-state index < -0.39 is 57.6 Å². The summed E-state index contributed by atoms with van der Waals surface area (Å²) in [4.78, 5) is 95.9. The van der Waals surface area contributed by atoms with Crippen molar-refractivity contribution < 1.29 is 28.8 Å². The molecule has 19 heteroatoms. The van der Waals surface area contributed by atoms with Gasteiger partial charge in [0.05, 0.1) is 19.3 Å². The largest absolute Gasteiger partial charge is 0.330 e. The van der Waals surface area contributed by atoms with Crippen LogP contribution in [-0.2, 0) is 48.0 Å². The van der Waals surface area contributed by atoms with E-state index in [9.17, 15) is 28.8 Å². The van der Waals surface area contributed by atoms with Gasteiger partial charge in [-0.05, 0) is 167 Å². The first kappa shape index (κ1) is 60.4. The number of nitrogens with zero attached hydrogens (tertiary/aromatic N) is 3. The Morgan fingerprint density at radius 2 is 0.649 bits per heavy atom. The molecular weight excluding hydrogens is 996 g/mol. The maximum Gasteiger partial charge on any atom is 0.252 e. The van der Waals surface area contributed by atoms with Crippen molar-refractivity contribution in [2.75, 3.05) is 35.6 Å². The molecule has 0 saturated heterocycles. The Balaban J connectivity index is 0.0000109. The Kier molecular flexibility index (Phi) is 22.9. The summed E-state index contributed by atoms with van der Waals surface area (Å²) in [6, 6.07) is 36.9. The number of unbranched alkanes of at least 4 members (excludes halogenated alkanes) is 3. The molecule has 0 fully saturated rings. The van der Waals surface area contributed by atoms with Crippen LogP contribution in [0.1, 0.15) is 97.5 Å². The van der Waals surface area contributed by atoms with Gasteiger partial charge in [-0.3, -0.25) is 43.7 Å². The van der Waals surface area contributed by atoms with E-state index in [0.717, 1.165) is 16.7 Å². The van der Waals surface area contributed by atoms with Crippen molar-refractivity contribution in [3.05, 3.63) is 180 Å². The summed E-state index contributed by atoms with van der Waals surface area (Å²) in [7, 11) is 0. The molecule has 0 aliphatic carbocycles. The molecule has 3 atom stereocenters. The Bertz CT molecular complexity index is 2560. The molecule has 3 aromatic heterocycles. The number of anilines is 3. The number of Topliss-reactive ketones (excluding diaryl/α,β-unsaturated/α-hetero) is 3. The molecule has 6 rings (SSSR count). The molecule has 77 heavy (non-hydrogen) atoms. The smallest absolute Gasteiger partial charge is 0.252 e. The van der Waals surface area contributed by atoms with Crippen LogP contribution in [0.15, 0.2) is 146 Å². The SMILES string of the molecule is Cl.NCCCC[C@](N)(C(=O)Cc1ccccn1)C(=O)Nc1ccc(C(c2ccc(NC(=O)[C@](N)(CCCCN)C(=O)Cc3ccccn3)cc2)c2ccc(NC(=O)[C@](N)(CCCCN)C(=O)Cc3ccccn3)cc2)cc1. The maximum atomic E-state index is 14.0. The first-order valence-electron chi connectivity index (χ1n) is 25.6. The summed E-state index contributed by atoms with van der Waals surface area (Å²) >= 11 is 0. The molecule has 406 valence electrons. The molecule has 6 aromatic rings. The third-order valence-electron chi connectivity index (χ3n) is 13.5. The fraction of sp³-hybridized carbons (Fsp3) is 0.328. The fourth-order valence-electron chi connectivity index (χ4n) is 8.84. The normalized spacial score (nSPS) is 13.4. The van der Waals surface area contributed by atoms with Crippen LogP contribution in [0, 0.1) is 0 Å². The zero-order valence-electron chi connectivity index (χ0n) is 43.2. The number of pyridine rings is 3. The third-order valence-corrected chi connectivity index (χ3v) is 13.5.